The van der Waals surface area contributed by atoms with Crippen LogP contribution < -0.4 is 0 Å². The van der Waals surface area contributed by atoms with Gasteiger partial charge in [-0.25, -0.2) is 0 Å². The molecule has 1 nitrogen and oxygen atoms in total. The van der Waals surface area contributed by atoms with E-state index in [0.717, 1.165) is 12.8 Å². The normalized spacial score (nSPS) is 38.2. The van der Waals surface area contributed by atoms with E-state index >= 15 is 0 Å². The first-order valence-corrected chi connectivity index (χ1v) is 4.08. The number of rotatable bonds is 0. The van der Waals surface area contributed by atoms with Crippen LogP contribution >= 0.6 is 0 Å². The van der Waals surface area contributed by atoms with Gasteiger partial charge in [-0.3, -0.25) is 4.79 Å². The summed E-state index contributed by atoms with van der Waals surface area (Å²) in [6, 6.07) is 0. The largest absolute Gasteiger partial charge is 0.295 e. The van der Waals surface area contributed by atoms with Crippen LogP contribution in [0.1, 0.15) is 25.7 Å². The Morgan fingerprint density at radius 3 is 3.10 bits per heavy atom. The third-order valence-electron chi connectivity index (χ3n) is 2.75. The first-order valence-electron chi connectivity index (χ1n) is 4.08. The molecule has 1 heteroatoms. The van der Waals surface area contributed by atoms with Crippen LogP contribution in [-0.4, -0.2) is 5.78 Å². The molecule has 1 saturated carbocycles. The highest BCUT2D eigenvalue weighted by Crippen LogP contribution is 2.37. The molecule has 0 amide bonds. The predicted molar refractivity (Wildman–Crippen MR) is 39.6 cm³/mol. The maximum atomic E-state index is 11.2. The minimum atomic E-state index is 0.383. The number of allylic oxidation sites excluding steroid dienone is 2. The topological polar surface area (TPSA) is 17.1 Å². The molecule has 0 aliphatic heterocycles. The van der Waals surface area contributed by atoms with E-state index in [9.17, 15) is 4.79 Å². The number of hydrogen-bond acceptors (Lipinski definition) is 1. The maximum absolute atomic E-state index is 11.2. The van der Waals surface area contributed by atoms with Crippen LogP contribution in [0.5, 0.6) is 0 Å². The molecular weight excluding hydrogens is 124 g/mol. The first-order chi connectivity index (χ1) is 4.88. The van der Waals surface area contributed by atoms with E-state index in [2.05, 4.69) is 0 Å². The molecule has 0 bridgehead atoms. The average Bonchev–Trinajstić information content (AvgIpc) is 2.36. The van der Waals surface area contributed by atoms with E-state index in [1.165, 1.54) is 12.8 Å². The summed E-state index contributed by atoms with van der Waals surface area (Å²) >= 11 is 0. The van der Waals surface area contributed by atoms with Gasteiger partial charge in [-0.05, 0) is 31.3 Å². The molecule has 2 aliphatic carbocycles. The molecule has 0 aromatic carbocycles. The Morgan fingerprint density at radius 2 is 2.30 bits per heavy atom. The predicted octanol–water partition coefficient (Wildman–Crippen LogP) is 1.93. The summed E-state index contributed by atoms with van der Waals surface area (Å²) in [5.74, 6) is 1.50. The van der Waals surface area contributed by atoms with E-state index < -0.39 is 0 Å². The third-order valence-corrected chi connectivity index (χ3v) is 2.75. The summed E-state index contributed by atoms with van der Waals surface area (Å²) < 4.78 is 0. The third kappa shape index (κ3) is 0.808. The zero-order valence-corrected chi connectivity index (χ0v) is 6.05. The highest BCUT2D eigenvalue weighted by Gasteiger charge is 2.32. The lowest BCUT2D eigenvalue weighted by Crippen LogP contribution is -2.19. The fraction of sp³-hybridized carbons (Fsp3) is 0.667. The number of hydrogen-bond donors (Lipinski definition) is 0. The smallest absolute Gasteiger partial charge is 0.158 e. The van der Waals surface area contributed by atoms with Gasteiger partial charge in [0.2, 0.25) is 0 Å². The van der Waals surface area contributed by atoms with Gasteiger partial charge in [0.1, 0.15) is 0 Å². The molecule has 0 heterocycles. The summed E-state index contributed by atoms with van der Waals surface area (Å²) in [4.78, 5) is 11.2. The molecule has 0 unspecified atom stereocenters. The van der Waals surface area contributed by atoms with Crippen molar-refractivity contribution in [2.24, 2.45) is 11.8 Å². The molecule has 10 heavy (non-hydrogen) atoms. The first kappa shape index (κ1) is 6.14. The van der Waals surface area contributed by atoms with Crippen molar-refractivity contribution < 1.29 is 4.79 Å². The second kappa shape index (κ2) is 2.22. The van der Waals surface area contributed by atoms with Gasteiger partial charge in [-0.2, -0.15) is 0 Å². The van der Waals surface area contributed by atoms with Crippen molar-refractivity contribution >= 4 is 5.78 Å². The lowest BCUT2D eigenvalue weighted by atomic mass is 9.85. The Bertz CT molecular complexity index is 181. The zero-order valence-electron chi connectivity index (χ0n) is 6.05. The zero-order chi connectivity index (χ0) is 6.97. The molecule has 0 aromatic heterocycles. The summed E-state index contributed by atoms with van der Waals surface area (Å²) in [7, 11) is 0. The van der Waals surface area contributed by atoms with Crippen molar-refractivity contribution in [3.05, 3.63) is 12.2 Å². The van der Waals surface area contributed by atoms with Gasteiger partial charge in [0.05, 0.1) is 0 Å². The molecule has 1 fully saturated rings. The fourth-order valence-electron chi connectivity index (χ4n) is 2.18. The lowest BCUT2D eigenvalue weighted by Gasteiger charge is -2.18. The molecule has 0 saturated heterocycles. The minimum Gasteiger partial charge on any atom is -0.295 e. The molecule has 54 valence electrons. The Kier molecular flexibility index (Phi) is 1.37. The number of carbonyl (C=O) groups is 1. The van der Waals surface area contributed by atoms with Gasteiger partial charge < -0.3 is 0 Å². The van der Waals surface area contributed by atoms with Crippen LogP contribution in [0.15, 0.2) is 12.2 Å². The van der Waals surface area contributed by atoms with Gasteiger partial charge >= 0.3 is 0 Å². The molecule has 2 aliphatic rings. The van der Waals surface area contributed by atoms with Crippen LogP contribution in [0.2, 0.25) is 0 Å². The highest BCUT2D eigenvalue weighted by molar-refractivity contribution is 5.92. The van der Waals surface area contributed by atoms with Gasteiger partial charge in [-0.15, -0.1) is 0 Å². The second-order valence-corrected chi connectivity index (χ2v) is 3.34. The Morgan fingerprint density at radius 1 is 1.40 bits per heavy atom. The van der Waals surface area contributed by atoms with Crippen molar-refractivity contribution in [1.29, 1.82) is 0 Å². The number of carbonyl (C=O) groups excluding carboxylic acids is 1. The standard InChI is InChI=1S/C9H12O/c10-9-6-2-4-7-3-1-5-8(7)9/h2,6-8H,1,3-5H2/t7-,8-/m0/s1. The minimum absolute atomic E-state index is 0.383. The molecular formula is C9H12O. The quantitative estimate of drug-likeness (QED) is 0.497. The van der Waals surface area contributed by atoms with E-state index in [0.29, 0.717) is 17.6 Å². The Labute approximate surface area is 61.1 Å². The second-order valence-electron chi connectivity index (χ2n) is 3.34. The monoisotopic (exact) mass is 136 g/mol. The van der Waals surface area contributed by atoms with Crippen molar-refractivity contribution in [2.75, 3.05) is 0 Å². The van der Waals surface area contributed by atoms with Crippen LogP contribution in [0.25, 0.3) is 0 Å². The van der Waals surface area contributed by atoms with E-state index in [1.807, 2.05) is 6.08 Å². The van der Waals surface area contributed by atoms with Gasteiger partial charge in [0.15, 0.2) is 5.78 Å². The summed E-state index contributed by atoms with van der Waals surface area (Å²) in [5.41, 5.74) is 0. The van der Waals surface area contributed by atoms with E-state index in [-0.39, 0.29) is 0 Å². The molecule has 0 spiro atoms. The highest BCUT2D eigenvalue weighted by atomic mass is 16.1. The summed E-state index contributed by atoms with van der Waals surface area (Å²) in [6.45, 7) is 0. The van der Waals surface area contributed by atoms with E-state index in [1.54, 1.807) is 6.08 Å². The molecule has 0 radical (unpaired) electrons. The maximum Gasteiger partial charge on any atom is 0.158 e. The van der Waals surface area contributed by atoms with Crippen LogP contribution in [-0.2, 0) is 4.79 Å². The average molecular weight is 136 g/mol. The fourth-order valence-corrected chi connectivity index (χ4v) is 2.18. The molecule has 0 aromatic rings. The summed E-state index contributed by atoms with van der Waals surface area (Å²) in [6.07, 6.45) is 8.65. The molecule has 2 atom stereocenters. The summed E-state index contributed by atoms with van der Waals surface area (Å²) in [5, 5.41) is 0. The van der Waals surface area contributed by atoms with Crippen molar-refractivity contribution in [3.63, 3.8) is 0 Å². The molecule has 2 rings (SSSR count). The van der Waals surface area contributed by atoms with E-state index in [4.69, 9.17) is 0 Å². The molecule has 0 N–H and O–H groups in total. The van der Waals surface area contributed by atoms with Gasteiger partial charge in [0.25, 0.3) is 0 Å². The number of fused-ring (bicyclic) bond motifs is 1. The number of ketones is 1. The van der Waals surface area contributed by atoms with Gasteiger partial charge in [-0.1, -0.05) is 12.5 Å². The SMILES string of the molecule is O=C1C=CC[C@@H]2CCC[C@H]12. The van der Waals surface area contributed by atoms with Crippen molar-refractivity contribution in [2.45, 2.75) is 25.7 Å². The van der Waals surface area contributed by atoms with Crippen molar-refractivity contribution in [1.82, 2.24) is 0 Å². The van der Waals surface area contributed by atoms with Crippen LogP contribution in [0, 0.1) is 11.8 Å². The van der Waals surface area contributed by atoms with Gasteiger partial charge in [0, 0.05) is 5.92 Å². The Hall–Kier alpha value is -0.590. The van der Waals surface area contributed by atoms with Crippen LogP contribution in [0.4, 0.5) is 0 Å². The lowest BCUT2D eigenvalue weighted by molar-refractivity contribution is -0.119. The van der Waals surface area contributed by atoms with Crippen molar-refractivity contribution in [3.8, 4) is 0 Å². The van der Waals surface area contributed by atoms with Crippen LogP contribution in [0.3, 0.4) is 0 Å². The Balaban J connectivity index is 2.20.